The maximum atomic E-state index is 11.3. The Bertz CT molecular complexity index is 677. The van der Waals surface area contributed by atoms with Gasteiger partial charge in [0.1, 0.15) is 6.04 Å². The van der Waals surface area contributed by atoms with Crippen LogP contribution in [0.2, 0.25) is 0 Å². The normalized spacial score (nSPS) is 12.4. The van der Waals surface area contributed by atoms with Crippen LogP contribution in [0.5, 0.6) is 5.88 Å². The number of fused-ring (bicyclic) bond motifs is 1. The van der Waals surface area contributed by atoms with Crippen molar-refractivity contribution in [2.75, 3.05) is 5.73 Å². The number of carboxylic acid groups (broad SMARTS) is 2. The van der Waals surface area contributed by atoms with Gasteiger partial charge in [-0.2, -0.15) is 0 Å². The summed E-state index contributed by atoms with van der Waals surface area (Å²) in [6.07, 6.45) is 1.06. The molecule has 7 nitrogen and oxygen atoms in total. The molecule has 106 valence electrons. The van der Waals surface area contributed by atoms with Gasteiger partial charge in [0.2, 0.25) is 0 Å². The van der Waals surface area contributed by atoms with Gasteiger partial charge in [-0.25, -0.2) is 4.79 Å². The average molecular weight is 278 g/mol. The first-order valence-corrected chi connectivity index (χ1v) is 5.93. The molecule has 0 spiro atoms. The highest BCUT2D eigenvalue weighted by Gasteiger charge is 2.24. The van der Waals surface area contributed by atoms with Gasteiger partial charge in [-0.15, -0.1) is 0 Å². The van der Waals surface area contributed by atoms with Crippen molar-refractivity contribution in [3.05, 3.63) is 24.4 Å². The molecule has 0 radical (unpaired) electrons. The molecule has 0 aliphatic carbocycles. The molecule has 5 N–H and O–H groups in total. The van der Waals surface area contributed by atoms with Crippen LogP contribution in [-0.2, 0) is 9.59 Å². The zero-order chi connectivity index (χ0) is 14.9. The second-order valence-electron chi connectivity index (χ2n) is 4.49. The van der Waals surface area contributed by atoms with Crippen LogP contribution >= 0.6 is 0 Å². The fourth-order valence-electron chi connectivity index (χ4n) is 2.11. The van der Waals surface area contributed by atoms with E-state index in [1.165, 1.54) is 12.3 Å². The molecule has 0 aliphatic heterocycles. The molecule has 0 saturated carbocycles. The first-order chi connectivity index (χ1) is 9.40. The van der Waals surface area contributed by atoms with E-state index in [1.807, 2.05) is 0 Å². The second-order valence-corrected chi connectivity index (χ2v) is 4.49. The zero-order valence-corrected chi connectivity index (χ0v) is 10.5. The molecule has 2 rings (SSSR count). The van der Waals surface area contributed by atoms with E-state index in [1.54, 1.807) is 12.1 Å². The van der Waals surface area contributed by atoms with Gasteiger partial charge in [0.15, 0.2) is 5.88 Å². The first-order valence-electron chi connectivity index (χ1n) is 5.93. The van der Waals surface area contributed by atoms with Gasteiger partial charge < -0.3 is 25.6 Å². The summed E-state index contributed by atoms with van der Waals surface area (Å²) in [5, 5.41) is 29.0. The number of aromatic nitrogens is 1. The minimum Gasteiger partial charge on any atom is -0.494 e. The van der Waals surface area contributed by atoms with Crippen LogP contribution in [0.3, 0.4) is 0 Å². The van der Waals surface area contributed by atoms with Crippen molar-refractivity contribution in [3.8, 4) is 5.88 Å². The van der Waals surface area contributed by atoms with E-state index >= 15 is 0 Å². The maximum Gasteiger partial charge on any atom is 0.326 e. The number of hydrogen-bond acceptors (Lipinski definition) is 4. The molecule has 1 atom stereocenters. The molecule has 0 saturated heterocycles. The Morgan fingerprint density at radius 1 is 1.30 bits per heavy atom. The van der Waals surface area contributed by atoms with E-state index in [4.69, 9.17) is 10.8 Å². The molecule has 0 bridgehead atoms. The van der Waals surface area contributed by atoms with Gasteiger partial charge in [0.25, 0.3) is 0 Å². The number of nitrogens with two attached hydrogens (primary N) is 1. The number of nitrogens with zero attached hydrogens (tertiary/aromatic N) is 1. The molecule has 1 aromatic carbocycles. The van der Waals surface area contributed by atoms with Crippen LogP contribution in [0.15, 0.2) is 24.4 Å². The number of benzene rings is 1. The van der Waals surface area contributed by atoms with Crippen LogP contribution in [-0.4, -0.2) is 31.8 Å². The Labute approximate surface area is 113 Å². The zero-order valence-electron chi connectivity index (χ0n) is 10.5. The summed E-state index contributed by atoms with van der Waals surface area (Å²) in [5.74, 6) is -2.52. The highest BCUT2D eigenvalue weighted by atomic mass is 16.4. The topological polar surface area (TPSA) is 126 Å². The van der Waals surface area contributed by atoms with Gasteiger partial charge >= 0.3 is 11.9 Å². The summed E-state index contributed by atoms with van der Waals surface area (Å²) in [6, 6.07) is 3.70. The molecule has 1 heterocycles. The van der Waals surface area contributed by atoms with Crippen molar-refractivity contribution >= 4 is 28.4 Å². The fourth-order valence-corrected chi connectivity index (χ4v) is 2.11. The van der Waals surface area contributed by atoms with Crippen LogP contribution in [0.1, 0.15) is 18.9 Å². The highest BCUT2D eigenvalue weighted by Crippen LogP contribution is 2.32. The molecule has 2 aromatic rings. The van der Waals surface area contributed by atoms with Crippen molar-refractivity contribution in [1.82, 2.24) is 4.57 Å². The van der Waals surface area contributed by atoms with Crippen LogP contribution in [0.4, 0.5) is 5.69 Å². The van der Waals surface area contributed by atoms with E-state index in [9.17, 15) is 19.8 Å². The van der Waals surface area contributed by atoms with Gasteiger partial charge in [0.05, 0.1) is 0 Å². The molecular weight excluding hydrogens is 264 g/mol. The summed E-state index contributed by atoms with van der Waals surface area (Å²) in [4.78, 5) is 21.8. The SMILES string of the molecule is Nc1ccc2cn(C(CCC(=O)O)C(=O)O)c(O)c2c1. The Hall–Kier alpha value is -2.70. The van der Waals surface area contributed by atoms with E-state index in [0.29, 0.717) is 16.5 Å². The maximum absolute atomic E-state index is 11.3. The number of carbonyl (C=O) groups is 2. The molecule has 1 aromatic heterocycles. The Kier molecular flexibility index (Phi) is 3.51. The first kappa shape index (κ1) is 13.7. The van der Waals surface area contributed by atoms with Crippen molar-refractivity contribution < 1.29 is 24.9 Å². The van der Waals surface area contributed by atoms with Crippen LogP contribution in [0.25, 0.3) is 10.8 Å². The molecule has 0 aliphatic rings. The van der Waals surface area contributed by atoms with Crippen molar-refractivity contribution in [2.45, 2.75) is 18.9 Å². The summed E-state index contributed by atoms with van der Waals surface area (Å²) in [7, 11) is 0. The standard InChI is InChI=1S/C13H14N2O5/c14-8-2-1-7-6-15(12(18)9(7)5-8)10(13(19)20)3-4-11(16)17/h1-2,5-6,10,18H,3-4,14H2,(H,16,17)(H,19,20). The lowest BCUT2D eigenvalue weighted by atomic mass is 10.1. The average Bonchev–Trinajstić information content (AvgIpc) is 2.67. The predicted molar refractivity (Wildman–Crippen MR) is 71.6 cm³/mol. The molecule has 20 heavy (non-hydrogen) atoms. The molecule has 1 unspecified atom stereocenters. The predicted octanol–water partition coefficient (Wildman–Crippen LogP) is 1.42. The Morgan fingerprint density at radius 3 is 2.60 bits per heavy atom. The number of anilines is 1. The number of aromatic hydroxyl groups is 1. The number of aliphatic carboxylic acids is 2. The highest BCUT2D eigenvalue weighted by molar-refractivity contribution is 5.91. The number of rotatable bonds is 5. The van der Waals surface area contributed by atoms with E-state index in [0.717, 1.165) is 4.57 Å². The van der Waals surface area contributed by atoms with E-state index < -0.39 is 18.0 Å². The lowest BCUT2D eigenvalue weighted by molar-refractivity contribution is -0.142. The largest absolute Gasteiger partial charge is 0.494 e. The van der Waals surface area contributed by atoms with Crippen molar-refractivity contribution in [1.29, 1.82) is 0 Å². The number of nitrogen functional groups attached to an aromatic ring is 1. The summed E-state index contributed by atoms with van der Waals surface area (Å²) < 4.78 is 1.16. The monoisotopic (exact) mass is 278 g/mol. The third-order valence-electron chi connectivity index (χ3n) is 3.09. The lowest BCUT2D eigenvalue weighted by Gasteiger charge is -2.14. The van der Waals surface area contributed by atoms with E-state index in [-0.39, 0.29) is 18.7 Å². The number of hydrogen-bond donors (Lipinski definition) is 4. The van der Waals surface area contributed by atoms with Crippen LogP contribution < -0.4 is 5.73 Å². The Balaban J connectivity index is 2.45. The van der Waals surface area contributed by atoms with E-state index in [2.05, 4.69) is 0 Å². The van der Waals surface area contributed by atoms with Crippen LogP contribution in [0, 0.1) is 0 Å². The lowest BCUT2D eigenvalue weighted by Crippen LogP contribution is -2.19. The van der Waals surface area contributed by atoms with Gasteiger partial charge in [0, 0.05) is 29.1 Å². The van der Waals surface area contributed by atoms with Crippen molar-refractivity contribution in [3.63, 3.8) is 0 Å². The number of carboxylic acids is 2. The minimum atomic E-state index is -1.20. The third kappa shape index (κ3) is 2.51. The second kappa shape index (κ2) is 5.12. The Morgan fingerprint density at radius 2 is 2.00 bits per heavy atom. The minimum absolute atomic E-state index is 0.116. The summed E-state index contributed by atoms with van der Waals surface area (Å²) >= 11 is 0. The third-order valence-corrected chi connectivity index (χ3v) is 3.09. The van der Waals surface area contributed by atoms with Gasteiger partial charge in [-0.3, -0.25) is 4.79 Å². The summed E-state index contributed by atoms with van der Waals surface area (Å²) in [5.41, 5.74) is 6.07. The quantitative estimate of drug-likeness (QED) is 0.613. The smallest absolute Gasteiger partial charge is 0.326 e. The molecule has 0 fully saturated rings. The van der Waals surface area contributed by atoms with Gasteiger partial charge in [-0.05, 0) is 18.6 Å². The molecule has 0 amide bonds. The van der Waals surface area contributed by atoms with Crippen molar-refractivity contribution in [2.24, 2.45) is 0 Å². The summed E-state index contributed by atoms with van der Waals surface area (Å²) in [6.45, 7) is 0. The van der Waals surface area contributed by atoms with Gasteiger partial charge in [-0.1, -0.05) is 6.07 Å². The molecule has 7 heteroatoms. The fraction of sp³-hybridized carbons (Fsp3) is 0.231. The molecular formula is C13H14N2O5.